The van der Waals surface area contributed by atoms with Crippen molar-refractivity contribution in [3.63, 3.8) is 0 Å². The van der Waals surface area contributed by atoms with Gasteiger partial charge in [0, 0.05) is 25.7 Å². The van der Waals surface area contributed by atoms with E-state index in [2.05, 4.69) is 27.7 Å². The van der Waals surface area contributed by atoms with Gasteiger partial charge in [-0.05, 0) is 25.7 Å². The van der Waals surface area contributed by atoms with Gasteiger partial charge in [0.1, 0.15) is 19.3 Å². The van der Waals surface area contributed by atoms with Crippen molar-refractivity contribution in [2.75, 3.05) is 39.6 Å². The van der Waals surface area contributed by atoms with E-state index in [-0.39, 0.29) is 25.7 Å². The van der Waals surface area contributed by atoms with E-state index in [9.17, 15) is 43.2 Å². The summed E-state index contributed by atoms with van der Waals surface area (Å²) in [6, 6.07) is 0. The highest BCUT2D eigenvalue weighted by atomic mass is 31.2. The molecular formula is C85H166O17P2. The summed E-state index contributed by atoms with van der Waals surface area (Å²) < 4.78 is 68.8. The molecule has 0 bridgehead atoms. The molecule has 0 saturated heterocycles. The second-order valence-electron chi connectivity index (χ2n) is 30.6. The van der Waals surface area contributed by atoms with Crippen LogP contribution in [-0.4, -0.2) is 96.7 Å². The summed E-state index contributed by atoms with van der Waals surface area (Å²) in [4.78, 5) is 73.1. The number of ether oxygens (including phenoxy) is 4. The topological polar surface area (TPSA) is 237 Å². The zero-order chi connectivity index (χ0) is 76.0. The first-order valence-electron chi connectivity index (χ1n) is 44.3. The summed E-state index contributed by atoms with van der Waals surface area (Å²) in [5.41, 5.74) is 0. The molecule has 2 unspecified atom stereocenters. The summed E-state index contributed by atoms with van der Waals surface area (Å²) in [6.07, 6.45) is 73.6. The van der Waals surface area contributed by atoms with E-state index < -0.39 is 97.5 Å². The maximum absolute atomic E-state index is 13.1. The molecule has 0 radical (unpaired) electrons. The first kappa shape index (κ1) is 102. The third-order valence-corrected chi connectivity index (χ3v) is 22.0. The van der Waals surface area contributed by atoms with E-state index in [4.69, 9.17) is 37.0 Å². The number of esters is 4. The molecule has 0 aromatic rings. The van der Waals surface area contributed by atoms with Crippen LogP contribution in [0.4, 0.5) is 0 Å². The number of hydrogen-bond acceptors (Lipinski definition) is 15. The first-order chi connectivity index (χ1) is 50.7. The van der Waals surface area contributed by atoms with Crippen LogP contribution in [0.25, 0.3) is 0 Å². The minimum Gasteiger partial charge on any atom is -0.462 e. The maximum atomic E-state index is 13.1. The largest absolute Gasteiger partial charge is 0.472 e. The molecule has 0 rings (SSSR count). The first-order valence-corrected chi connectivity index (χ1v) is 47.3. The van der Waals surface area contributed by atoms with Crippen LogP contribution in [0.5, 0.6) is 0 Å². The number of aliphatic hydroxyl groups is 1. The quantitative estimate of drug-likeness (QED) is 0.0222. The highest BCUT2D eigenvalue weighted by Gasteiger charge is 2.30. The van der Waals surface area contributed by atoms with Crippen molar-refractivity contribution in [3.8, 4) is 0 Å². The lowest BCUT2D eigenvalue weighted by atomic mass is 10.0. The molecule has 618 valence electrons. The molecule has 5 atom stereocenters. The van der Waals surface area contributed by atoms with Crippen LogP contribution in [0.15, 0.2) is 0 Å². The Labute approximate surface area is 638 Å². The van der Waals surface area contributed by atoms with E-state index in [0.717, 1.165) is 89.9 Å². The van der Waals surface area contributed by atoms with Crippen molar-refractivity contribution < 1.29 is 80.2 Å². The summed E-state index contributed by atoms with van der Waals surface area (Å²) in [5, 5.41) is 10.7. The van der Waals surface area contributed by atoms with Crippen molar-refractivity contribution in [3.05, 3.63) is 0 Å². The minimum absolute atomic E-state index is 0.109. The molecule has 0 fully saturated rings. The van der Waals surface area contributed by atoms with E-state index in [1.54, 1.807) is 0 Å². The SMILES string of the molecule is CCCCCCCCCCCCCCCCCCCCCCCCC(=O)O[C@H](COC(=O)CCCCCCCCCCCCCCCCCCCC)COP(=O)(O)OC[C@@H](O)COP(=O)(O)OC[C@@H](COC(=O)CCCCCCCCCCCC)OC(=O)CCCCCCCCCCCCCCCC. The van der Waals surface area contributed by atoms with Crippen LogP contribution < -0.4 is 0 Å². The molecular weight excluding hydrogens is 1350 g/mol. The van der Waals surface area contributed by atoms with Gasteiger partial charge >= 0.3 is 39.5 Å². The van der Waals surface area contributed by atoms with Gasteiger partial charge < -0.3 is 33.8 Å². The summed E-state index contributed by atoms with van der Waals surface area (Å²) in [5.74, 6) is -2.10. The molecule has 17 nitrogen and oxygen atoms in total. The van der Waals surface area contributed by atoms with Gasteiger partial charge in [0.05, 0.1) is 26.4 Å². The molecule has 0 amide bonds. The lowest BCUT2D eigenvalue weighted by molar-refractivity contribution is -0.161. The third kappa shape index (κ3) is 78.2. The van der Waals surface area contributed by atoms with Gasteiger partial charge in [0.25, 0.3) is 0 Å². The smallest absolute Gasteiger partial charge is 0.462 e. The molecule has 0 aromatic heterocycles. The fraction of sp³-hybridized carbons (Fsp3) is 0.953. The van der Waals surface area contributed by atoms with Gasteiger partial charge in [0.15, 0.2) is 12.2 Å². The van der Waals surface area contributed by atoms with Crippen LogP contribution in [0.2, 0.25) is 0 Å². The van der Waals surface area contributed by atoms with Crippen LogP contribution in [0, 0.1) is 0 Å². The molecule has 104 heavy (non-hydrogen) atoms. The van der Waals surface area contributed by atoms with Crippen molar-refractivity contribution >= 4 is 39.5 Å². The van der Waals surface area contributed by atoms with Gasteiger partial charge in [-0.3, -0.25) is 37.3 Å². The van der Waals surface area contributed by atoms with Crippen LogP contribution in [-0.2, 0) is 65.4 Å². The molecule has 0 heterocycles. The van der Waals surface area contributed by atoms with Gasteiger partial charge in [-0.1, -0.05) is 413 Å². The van der Waals surface area contributed by atoms with E-state index in [1.165, 1.54) is 295 Å². The monoisotopic (exact) mass is 1520 g/mol. The third-order valence-electron chi connectivity index (χ3n) is 20.1. The molecule has 0 aliphatic carbocycles. The van der Waals surface area contributed by atoms with Crippen molar-refractivity contribution in [1.82, 2.24) is 0 Å². The second kappa shape index (κ2) is 79.2. The van der Waals surface area contributed by atoms with Crippen molar-refractivity contribution in [1.29, 1.82) is 0 Å². The maximum Gasteiger partial charge on any atom is 0.472 e. The van der Waals surface area contributed by atoms with E-state index >= 15 is 0 Å². The number of phosphoric ester groups is 2. The number of carbonyl (C=O) groups excluding carboxylic acids is 4. The Morgan fingerprint density at radius 2 is 0.385 bits per heavy atom. The molecule has 0 aliphatic rings. The van der Waals surface area contributed by atoms with E-state index in [0.29, 0.717) is 25.7 Å². The predicted octanol–water partition coefficient (Wildman–Crippen LogP) is 26.1. The van der Waals surface area contributed by atoms with Gasteiger partial charge in [-0.15, -0.1) is 0 Å². The normalized spacial score (nSPS) is 13.7. The number of hydrogen-bond donors (Lipinski definition) is 3. The minimum atomic E-state index is -4.96. The van der Waals surface area contributed by atoms with Crippen LogP contribution in [0.1, 0.15) is 464 Å². The summed E-state index contributed by atoms with van der Waals surface area (Å²) in [7, 11) is -9.92. The Hall–Kier alpha value is -1.94. The number of aliphatic hydroxyl groups excluding tert-OH is 1. The molecule has 0 aromatic carbocycles. The Morgan fingerprint density at radius 3 is 0.567 bits per heavy atom. The molecule has 19 heteroatoms. The lowest BCUT2D eigenvalue weighted by Crippen LogP contribution is -2.30. The standard InChI is InChI=1S/C85H166O17P2/c1-5-9-13-17-21-25-29-32-35-37-39-40-41-42-44-46-49-52-56-60-64-68-72-85(90)102-81(76-96-83(88)70-66-62-58-54-50-48-45-43-38-36-33-30-26-22-18-14-10-6-2)78-100-104(93,94)98-74-79(86)73-97-103(91,92)99-77-80(75-95-82(87)69-65-61-57-53-28-24-20-16-12-8-4)101-84(89)71-67-63-59-55-51-47-34-31-27-23-19-15-11-7-3/h79-81,86H,5-78H2,1-4H3,(H,91,92)(H,93,94)/t79-,80+,81+/m0/s1. The van der Waals surface area contributed by atoms with Crippen LogP contribution in [0.3, 0.4) is 0 Å². The summed E-state index contributed by atoms with van der Waals surface area (Å²) >= 11 is 0. The second-order valence-corrected chi connectivity index (χ2v) is 33.5. The summed E-state index contributed by atoms with van der Waals surface area (Å²) in [6.45, 7) is 5.04. The molecule has 0 aliphatic heterocycles. The van der Waals surface area contributed by atoms with Crippen molar-refractivity contribution in [2.24, 2.45) is 0 Å². The average Bonchev–Trinajstić information content (AvgIpc) is 1.02. The zero-order valence-electron chi connectivity index (χ0n) is 68.0. The molecule has 0 spiro atoms. The lowest BCUT2D eigenvalue weighted by Gasteiger charge is -2.21. The zero-order valence-corrected chi connectivity index (χ0v) is 69.8. The average molecular weight is 1520 g/mol. The Balaban J connectivity index is 5.21. The Kier molecular flexibility index (Phi) is 77.7. The fourth-order valence-electron chi connectivity index (χ4n) is 13.3. The number of carbonyl (C=O) groups is 4. The number of rotatable bonds is 86. The number of unbranched alkanes of at least 4 members (excludes halogenated alkanes) is 60. The molecule has 3 N–H and O–H groups in total. The van der Waals surface area contributed by atoms with Crippen molar-refractivity contribution in [2.45, 2.75) is 483 Å². The van der Waals surface area contributed by atoms with Crippen LogP contribution >= 0.6 is 15.6 Å². The fourth-order valence-corrected chi connectivity index (χ4v) is 14.9. The highest BCUT2D eigenvalue weighted by molar-refractivity contribution is 7.47. The van der Waals surface area contributed by atoms with Gasteiger partial charge in [0.2, 0.25) is 0 Å². The Morgan fingerprint density at radius 1 is 0.231 bits per heavy atom. The number of phosphoric acid groups is 2. The van der Waals surface area contributed by atoms with E-state index in [1.807, 2.05) is 0 Å². The Bertz CT molecular complexity index is 1960. The molecule has 0 saturated carbocycles. The van der Waals surface area contributed by atoms with Gasteiger partial charge in [-0.2, -0.15) is 0 Å². The highest BCUT2D eigenvalue weighted by Crippen LogP contribution is 2.45. The van der Waals surface area contributed by atoms with Gasteiger partial charge in [-0.25, -0.2) is 9.13 Å². The predicted molar refractivity (Wildman–Crippen MR) is 428 cm³/mol.